The van der Waals surface area contributed by atoms with Gasteiger partial charge in [-0.3, -0.25) is 4.79 Å². The Morgan fingerprint density at radius 2 is 2.24 bits per heavy atom. The molecule has 0 saturated carbocycles. The predicted octanol–water partition coefficient (Wildman–Crippen LogP) is 3.36. The lowest BCUT2D eigenvalue weighted by molar-refractivity contribution is -0.141. The Hall–Kier alpha value is -2.25. The van der Waals surface area contributed by atoms with Crippen LogP contribution in [0.3, 0.4) is 0 Å². The van der Waals surface area contributed by atoms with Crippen LogP contribution in [0.1, 0.15) is 46.7 Å². The van der Waals surface area contributed by atoms with Gasteiger partial charge < -0.3 is 14.3 Å². The minimum Gasteiger partial charge on any atom is -0.456 e. The van der Waals surface area contributed by atoms with Gasteiger partial charge in [0.2, 0.25) is 0 Å². The molecule has 3 rings (SSSR count). The van der Waals surface area contributed by atoms with Gasteiger partial charge in [-0.15, -0.1) is 0 Å². The number of imidazole rings is 1. The third-order valence-electron chi connectivity index (χ3n) is 4.50. The number of fused-ring (bicyclic) bond motifs is 1. The Kier molecular flexibility index (Phi) is 4.62. The van der Waals surface area contributed by atoms with Crippen LogP contribution in [-0.4, -0.2) is 22.0 Å². The molecule has 1 N–H and O–H groups in total. The fourth-order valence-electron chi connectivity index (χ4n) is 3.12. The van der Waals surface area contributed by atoms with E-state index in [-0.39, 0.29) is 17.6 Å². The maximum atomic E-state index is 12.7. The highest BCUT2D eigenvalue weighted by molar-refractivity contribution is 5.91. The second-order valence-corrected chi connectivity index (χ2v) is 6.38. The average molecular weight is 355 g/mol. The molecule has 0 aliphatic carbocycles. The molecule has 0 spiro atoms. The van der Waals surface area contributed by atoms with Gasteiger partial charge in [-0.1, -0.05) is 6.92 Å². The van der Waals surface area contributed by atoms with E-state index in [2.05, 4.69) is 10.3 Å². The van der Waals surface area contributed by atoms with Crippen molar-refractivity contribution in [2.24, 2.45) is 5.92 Å². The molecule has 1 aliphatic rings. The van der Waals surface area contributed by atoms with Crippen LogP contribution in [0.4, 0.5) is 13.2 Å². The zero-order valence-corrected chi connectivity index (χ0v) is 14.1. The van der Waals surface area contributed by atoms with Crippen molar-refractivity contribution in [3.8, 4) is 0 Å². The molecule has 1 aliphatic heterocycles. The number of hydrogen-bond acceptors (Lipinski definition) is 3. The first kappa shape index (κ1) is 17.6. The number of nitrogens with one attached hydrogen (secondary N) is 1. The summed E-state index contributed by atoms with van der Waals surface area (Å²) in [6.45, 7) is 4.64. The van der Waals surface area contributed by atoms with Crippen molar-refractivity contribution in [3.63, 3.8) is 0 Å². The normalized spacial score (nSPS) is 17.4. The lowest BCUT2D eigenvalue weighted by Crippen LogP contribution is -2.33. The maximum absolute atomic E-state index is 12.7. The van der Waals surface area contributed by atoms with E-state index in [1.165, 1.54) is 4.57 Å². The van der Waals surface area contributed by atoms with Crippen molar-refractivity contribution in [2.75, 3.05) is 6.54 Å². The fourth-order valence-corrected chi connectivity index (χ4v) is 3.12. The van der Waals surface area contributed by atoms with E-state index >= 15 is 0 Å². The molecule has 0 radical (unpaired) electrons. The van der Waals surface area contributed by atoms with Gasteiger partial charge in [-0.05, 0) is 30.9 Å². The summed E-state index contributed by atoms with van der Waals surface area (Å²) < 4.78 is 45.2. The summed E-state index contributed by atoms with van der Waals surface area (Å²) in [4.78, 5) is 15.8. The molecule has 2 aromatic heterocycles. The Labute approximate surface area is 143 Å². The third-order valence-corrected chi connectivity index (χ3v) is 4.50. The monoisotopic (exact) mass is 355 g/mol. The highest BCUT2D eigenvalue weighted by Gasteiger charge is 2.35. The summed E-state index contributed by atoms with van der Waals surface area (Å²) in [5.41, 5.74) is 0.0818. The van der Waals surface area contributed by atoms with Crippen molar-refractivity contribution < 1.29 is 22.4 Å². The lowest BCUT2D eigenvalue weighted by Gasteiger charge is -2.23. The standard InChI is InChI=1S/C17H20F3N3O2/c1-3-12-10(2)6-13(25-12)16(24)21-7-11-4-5-15-22-14(17(18,19)20)9-23(15)8-11/h6,9,11H,3-5,7-8H2,1-2H3,(H,21,24)/t11-/m1/s1. The number of rotatable bonds is 4. The topological polar surface area (TPSA) is 60.1 Å². The highest BCUT2D eigenvalue weighted by Crippen LogP contribution is 2.30. The van der Waals surface area contributed by atoms with E-state index in [0.717, 1.165) is 17.5 Å². The molecule has 8 heteroatoms. The van der Waals surface area contributed by atoms with E-state index in [4.69, 9.17) is 4.42 Å². The number of aryl methyl sites for hydroxylation is 3. The van der Waals surface area contributed by atoms with Crippen LogP contribution >= 0.6 is 0 Å². The number of halogens is 3. The largest absolute Gasteiger partial charge is 0.456 e. The number of carbonyl (C=O) groups is 1. The van der Waals surface area contributed by atoms with Gasteiger partial charge in [-0.2, -0.15) is 13.2 Å². The fraction of sp³-hybridized carbons (Fsp3) is 0.529. The third kappa shape index (κ3) is 3.72. The van der Waals surface area contributed by atoms with Crippen LogP contribution in [-0.2, 0) is 25.6 Å². The number of alkyl halides is 3. The smallest absolute Gasteiger partial charge is 0.434 e. The number of nitrogens with zero attached hydrogens (tertiary/aromatic N) is 2. The minimum absolute atomic E-state index is 0.0634. The first-order valence-electron chi connectivity index (χ1n) is 8.28. The van der Waals surface area contributed by atoms with Crippen molar-refractivity contribution in [1.29, 1.82) is 0 Å². The van der Waals surface area contributed by atoms with Crippen LogP contribution in [0.25, 0.3) is 0 Å². The van der Waals surface area contributed by atoms with Gasteiger partial charge in [0.1, 0.15) is 11.6 Å². The summed E-state index contributed by atoms with van der Waals surface area (Å²) in [5, 5.41) is 2.81. The molecule has 3 heterocycles. The Balaban J connectivity index is 1.59. The molecule has 2 aromatic rings. The maximum Gasteiger partial charge on any atom is 0.434 e. The van der Waals surface area contributed by atoms with Gasteiger partial charge >= 0.3 is 6.18 Å². The number of carbonyl (C=O) groups excluding carboxylic acids is 1. The molecular formula is C17H20F3N3O2. The summed E-state index contributed by atoms with van der Waals surface area (Å²) in [6, 6.07) is 1.71. The van der Waals surface area contributed by atoms with Crippen LogP contribution in [0.2, 0.25) is 0 Å². The summed E-state index contributed by atoms with van der Waals surface area (Å²) in [6.07, 6.45) is -1.51. The SMILES string of the molecule is CCc1oc(C(=O)NC[C@H]2CCc3nc(C(F)(F)F)cn3C2)cc1C. The molecule has 0 aromatic carbocycles. The molecule has 0 fully saturated rings. The summed E-state index contributed by atoms with van der Waals surface area (Å²) >= 11 is 0. The average Bonchev–Trinajstić information content (AvgIpc) is 3.15. The molecule has 136 valence electrons. The quantitative estimate of drug-likeness (QED) is 0.915. The van der Waals surface area contributed by atoms with Crippen LogP contribution in [0, 0.1) is 12.8 Å². The Morgan fingerprint density at radius 3 is 2.88 bits per heavy atom. The van der Waals surface area contributed by atoms with Gasteiger partial charge in [0, 0.05) is 32.1 Å². The van der Waals surface area contributed by atoms with Crippen molar-refractivity contribution in [3.05, 3.63) is 40.9 Å². The molecule has 25 heavy (non-hydrogen) atoms. The Morgan fingerprint density at radius 1 is 1.48 bits per heavy atom. The zero-order chi connectivity index (χ0) is 18.2. The zero-order valence-electron chi connectivity index (χ0n) is 14.1. The van der Waals surface area contributed by atoms with E-state index in [0.29, 0.717) is 38.2 Å². The number of amides is 1. The van der Waals surface area contributed by atoms with Gasteiger partial charge in [0.05, 0.1) is 0 Å². The van der Waals surface area contributed by atoms with Crippen molar-refractivity contribution >= 4 is 5.91 Å². The molecule has 0 saturated heterocycles. The number of furan rings is 1. The molecule has 5 nitrogen and oxygen atoms in total. The predicted molar refractivity (Wildman–Crippen MR) is 84.2 cm³/mol. The molecule has 1 amide bonds. The minimum atomic E-state index is -4.43. The van der Waals surface area contributed by atoms with Crippen LogP contribution in [0.5, 0.6) is 0 Å². The second kappa shape index (κ2) is 6.57. The number of aromatic nitrogens is 2. The first-order chi connectivity index (χ1) is 11.8. The van der Waals surface area contributed by atoms with Gasteiger partial charge in [0.25, 0.3) is 5.91 Å². The van der Waals surface area contributed by atoms with Gasteiger partial charge in [-0.25, -0.2) is 4.98 Å². The van der Waals surface area contributed by atoms with Crippen LogP contribution < -0.4 is 5.32 Å². The van der Waals surface area contributed by atoms with Crippen LogP contribution in [0.15, 0.2) is 16.7 Å². The summed E-state index contributed by atoms with van der Waals surface area (Å²) in [7, 11) is 0. The number of hydrogen-bond donors (Lipinski definition) is 1. The van der Waals surface area contributed by atoms with Crippen molar-refractivity contribution in [2.45, 2.75) is 45.8 Å². The Bertz CT molecular complexity index is 777. The molecular weight excluding hydrogens is 335 g/mol. The van der Waals surface area contributed by atoms with E-state index in [1.807, 2.05) is 13.8 Å². The first-order valence-corrected chi connectivity index (χ1v) is 8.28. The lowest BCUT2D eigenvalue weighted by atomic mass is 9.99. The van der Waals surface area contributed by atoms with E-state index in [9.17, 15) is 18.0 Å². The van der Waals surface area contributed by atoms with Gasteiger partial charge in [0.15, 0.2) is 11.5 Å². The molecule has 0 bridgehead atoms. The van der Waals surface area contributed by atoms with E-state index < -0.39 is 11.9 Å². The molecule has 1 atom stereocenters. The highest BCUT2D eigenvalue weighted by atomic mass is 19.4. The van der Waals surface area contributed by atoms with Crippen molar-refractivity contribution in [1.82, 2.24) is 14.9 Å². The van der Waals surface area contributed by atoms with E-state index in [1.54, 1.807) is 6.07 Å². The second-order valence-electron chi connectivity index (χ2n) is 6.38. The molecule has 0 unspecified atom stereocenters. The summed E-state index contributed by atoms with van der Waals surface area (Å²) in [5.74, 6) is 1.27.